The van der Waals surface area contributed by atoms with Gasteiger partial charge in [0, 0.05) is 31.5 Å². The SMILES string of the molecule is COC[C@H](C)n1c(-c2cc(C)c(=O)n(C)c2)nc2ccccc21. The quantitative estimate of drug-likeness (QED) is 0.744. The van der Waals surface area contributed by atoms with Crippen LogP contribution in [0.15, 0.2) is 41.3 Å². The number of ether oxygens (including phenoxy) is 1. The molecule has 0 bridgehead atoms. The summed E-state index contributed by atoms with van der Waals surface area (Å²) in [7, 11) is 3.47. The highest BCUT2D eigenvalue weighted by molar-refractivity contribution is 5.80. The van der Waals surface area contributed by atoms with E-state index in [0.717, 1.165) is 22.4 Å². The smallest absolute Gasteiger partial charge is 0.253 e. The van der Waals surface area contributed by atoms with Crippen LogP contribution in [-0.2, 0) is 11.8 Å². The first kappa shape index (κ1) is 15.5. The summed E-state index contributed by atoms with van der Waals surface area (Å²) in [6, 6.07) is 10.1. The zero-order valence-electron chi connectivity index (χ0n) is 13.9. The van der Waals surface area contributed by atoms with Crippen molar-refractivity contribution in [2.24, 2.45) is 7.05 Å². The molecule has 2 aromatic heterocycles. The maximum Gasteiger partial charge on any atom is 0.253 e. The lowest BCUT2D eigenvalue weighted by Gasteiger charge is -2.17. The minimum absolute atomic E-state index is 0.0151. The molecule has 0 saturated carbocycles. The zero-order valence-corrected chi connectivity index (χ0v) is 13.9. The fourth-order valence-corrected chi connectivity index (χ4v) is 3.01. The predicted octanol–water partition coefficient (Wildman–Crippen LogP) is 2.92. The lowest BCUT2D eigenvalue weighted by Crippen LogP contribution is -2.19. The number of aromatic nitrogens is 3. The van der Waals surface area contributed by atoms with Gasteiger partial charge in [-0.2, -0.15) is 0 Å². The number of para-hydroxylation sites is 2. The number of methoxy groups -OCH3 is 1. The summed E-state index contributed by atoms with van der Waals surface area (Å²) in [5, 5.41) is 0. The topological polar surface area (TPSA) is 49.0 Å². The van der Waals surface area contributed by atoms with Gasteiger partial charge >= 0.3 is 0 Å². The summed E-state index contributed by atoms with van der Waals surface area (Å²) in [4.78, 5) is 16.8. The van der Waals surface area contributed by atoms with Gasteiger partial charge in [0.15, 0.2) is 0 Å². The first-order valence-electron chi connectivity index (χ1n) is 7.66. The molecule has 1 atom stereocenters. The molecule has 23 heavy (non-hydrogen) atoms. The minimum atomic E-state index is 0.0151. The molecule has 0 aliphatic rings. The molecule has 0 amide bonds. The van der Waals surface area contributed by atoms with Gasteiger partial charge in [-0.3, -0.25) is 4.79 Å². The Labute approximate surface area is 135 Å². The standard InChI is InChI=1S/C18H21N3O2/c1-12-9-14(10-20(3)18(12)22)17-19-15-7-5-6-8-16(15)21(17)13(2)11-23-4/h5-10,13H,11H2,1-4H3/t13-/m0/s1. The van der Waals surface area contributed by atoms with Crippen molar-refractivity contribution in [1.29, 1.82) is 0 Å². The number of fused-ring (bicyclic) bond motifs is 1. The second kappa shape index (κ2) is 6.01. The van der Waals surface area contributed by atoms with Crippen molar-refractivity contribution >= 4 is 11.0 Å². The van der Waals surface area contributed by atoms with Crippen LogP contribution in [0.4, 0.5) is 0 Å². The van der Waals surface area contributed by atoms with Gasteiger partial charge in [-0.05, 0) is 32.0 Å². The van der Waals surface area contributed by atoms with E-state index in [1.807, 2.05) is 37.4 Å². The number of pyridine rings is 1. The summed E-state index contributed by atoms with van der Waals surface area (Å²) >= 11 is 0. The Hall–Kier alpha value is -2.40. The van der Waals surface area contributed by atoms with E-state index in [4.69, 9.17) is 9.72 Å². The molecule has 0 saturated heterocycles. The number of hydrogen-bond acceptors (Lipinski definition) is 3. The molecule has 0 aliphatic heterocycles. The van der Waals surface area contributed by atoms with Crippen molar-refractivity contribution in [3.8, 4) is 11.4 Å². The van der Waals surface area contributed by atoms with Crippen LogP contribution in [0, 0.1) is 6.92 Å². The van der Waals surface area contributed by atoms with E-state index in [0.29, 0.717) is 12.2 Å². The van der Waals surface area contributed by atoms with Gasteiger partial charge in [0.25, 0.3) is 5.56 Å². The van der Waals surface area contributed by atoms with Crippen LogP contribution in [0.5, 0.6) is 0 Å². The third kappa shape index (κ3) is 2.68. The van der Waals surface area contributed by atoms with Gasteiger partial charge in [0.1, 0.15) is 5.82 Å². The Morgan fingerprint density at radius 3 is 2.74 bits per heavy atom. The molecule has 0 spiro atoms. The van der Waals surface area contributed by atoms with Gasteiger partial charge in [-0.25, -0.2) is 4.98 Å². The highest BCUT2D eigenvalue weighted by atomic mass is 16.5. The predicted molar refractivity (Wildman–Crippen MR) is 91.7 cm³/mol. The molecule has 5 nitrogen and oxygen atoms in total. The first-order valence-corrected chi connectivity index (χ1v) is 7.66. The number of benzene rings is 1. The Morgan fingerprint density at radius 2 is 2.04 bits per heavy atom. The largest absolute Gasteiger partial charge is 0.383 e. The molecular weight excluding hydrogens is 290 g/mol. The number of imidazole rings is 1. The summed E-state index contributed by atoms with van der Waals surface area (Å²) in [6.07, 6.45) is 1.84. The number of hydrogen-bond donors (Lipinski definition) is 0. The van der Waals surface area contributed by atoms with Crippen LogP contribution in [0.2, 0.25) is 0 Å². The Bertz CT molecular complexity index is 882. The average molecular weight is 311 g/mol. The Kier molecular flexibility index (Phi) is 4.05. The zero-order chi connectivity index (χ0) is 16.6. The van der Waals surface area contributed by atoms with Crippen LogP contribution in [-0.4, -0.2) is 27.8 Å². The summed E-state index contributed by atoms with van der Waals surface area (Å²) in [5.74, 6) is 0.856. The normalized spacial score (nSPS) is 12.7. The van der Waals surface area contributed by atoms with E-state index in [-0.39, 0.29) is 11.6 Å². The van der Waals surface area contributed by atoms with Gasteiger partial charge in [0.05, 0.1) is 23.7 Å². The molecule has 3 rings (SSSR count). The third-order valence-electron chi connectivity index (χ3n) is 4.07. The van der Waals surface area contributed by atoms with Gasteiger partial charge < -0.3 is 13.9 Å². The van der Waals surface area contributed by atoms with Gasteiger partial charge in [-0.15, -0.1) is 0 Å². The van der Waals surface area contributed by atoms with Crippen LogP contribution >= 0.6 is 0 Å². The molecule has 0 unspecified atom stereocenters. The van der Waals surface area contributed by atoms with Crippen molar-refractivity contribution in [3.05, 3.63) is 52.4 Å². The molecule has 2 heterocycles. The number of nitrogens with zero attached hydrogens (tertiary/aromatic N) is 3. The molecule has 1 aromatic carbocycles. The summed E-state index contributed by atoms with van der Waals surface area (Å²) in [6.45, 7) is 4.53. The number of aryl methyl sites for hydroxylation is 2. The molecule has 0 radical (unpaired) electrons. The maximum atomic E-state index is 12.0. The number of rotatable bonds is 4. The van der Waals surface area contributed by atoms with Crippen LogP contribution in [0.3, 0.4) is 0 Å². The lowest BCUT2D eigenvalue weighted by molar-refractivity contribution is 0.164. The molecule has 120 valence electrons. The molecule has 0 aliphatic carbocycles. The van der Waals surface area contributed by atoms with Crippen LogP contribution < -0.4 is 5.56 Å². The minimum Gasteiger partial charge on any atom is -0.383 e. The molecule has 3 aromatic rings. The van der Waals surface area contributed by atoms with Crippen LogP contribution in [0.25, 0.3) is 22.4 Å². The monoisotopic (exact) mass is 311 g/mol. The van der Waals surface area contributed by atoms with Crippen molar-refractivity contribution in [2.75, 3.05) is 13.7 Å². The Balaban J connectivity index is 2.28. The van der Waals surface area contributed by atoms with E-state index in [9.17, 15) is 4.79 Å². The van der Waals surface area contributed by atoms with Gasteiger partial charge in [-0.1, -0.05) is 12.1 Å². The maximum absolute atomic E-state index is 12.0. The highest BCUT2D eigenvalue weighted by Crippen LogP contribution is 2.28. The second-order valence-corrected chi connectivity index (χ2v) is 5.93. The van der Waals surface area contributed by atoms with Crippen LogP contribution in [0.1, 0.15) is 18.5 Å². The van der Waals surface area contributed by atoms with E-state index in [2.05, 4.69) is 17.6 Å². The Morgan fingerprint density at radius 1 is 1.30 bits per heavy atom. The van der Waals surface area contributed by atoms with E-state index in [1.54, 1.807) is 18.7 Å². The average Bonchev–Trinajstić information content (AvgIpc) is 2.92. The molecule has 0 N–H and O–H groups in total. The summed E-state index contributed by atoms with van der Waals surface area (Å²) in [5.41, 5.74) is 3.67. The van der Waals surface area contributed by atoms with E-state index < -0.39 is 0 Å². The molecular formula is C18H21N3O2. The molecule has 5 heteroatoms. The first-order chi connectivity index (χ1) is 11.0. The fraction of sp³-hybridized carbons (Fsp3) is 0.333. The fourth-order valence-electron chi connectivity index (χ4n) is 3.01. The van der Waals surface area contributed by atoms with Crippen molar-refractivity contribution < 1.29 is 4.74 Å². The van der Waals surface area contributed by atoms with Crippen molar-refractivity contribution in [2.45, 2.75) is 19.9 Å². The summed E-state index contributed by atoms with van der Waals surface area (Å²) < 4.78 is 9.12. The lowest BCUT2D eigenvalue weighted by atomic mass is 10.2. The highest BCUT2D eigenvalue weighted by Gasteiger charge is 2.18. The van der Waals surface area contributed by atoms with Crippen molar-refractivity contribution in [3.63, 3.8) is 0 Å². The second-order valence-electron chi connectivity index (χ2n) is 5.93. The molecule has 0 fully saturated rings. The van der Waals surface area contributed by atoms with E-state index >= 15 is 0 Å². The van der Waals surface area contributed by atoms with E-state index in [1.165, 1.54) is 0 Å². The van der Waals surface area contributed by atoms with Gasteiger partial charge in [0.2, 0.25) is 0 Å². The third-order valence-corrected chi connectivity index (χ3v) is 4.07. The van der Waals surface area contributed by atoms with Crippen molar-refractivity contribution in [1.82, 2.24) is 14.1 Å².